The summed E-state index contributed by atoms with van der Waals surface area (Å²) in [7, 11) is 0. The fourth-order valence-corrected chi connectivity index (χ4v) is 1.79. The second-order valence-electron chi connectivity index (χ2n) is 3.69. The van der Waals surface area contributed by atoms with Gasteiger partial charge in [0.1, 0.15) is 5.75 Å². The third-order valence-electron chi connectivity index (χ3n) is 2.63. The summed E-state index contributed by atoms with van der Waals surface area (Å²) in [6.07, 6.45) is 1.75. The highest BCUT2D eigenvalue weighted by atomic mass is 16.3. The summed E-state index contributed by atoms with van der Waals surface area (Å²) in [6, 6.07) is 11.9. The number of hydrogen-bond donors (Lipinski definition) is 2. The minimum Gasteiger partial charge on any atom is -0.507 e. The third kappa shape index (κ3) is 1.95. The SMILES string of the molecule is NCCCc1ccc2ccccc2c1O. The van der Waals surface area contributed by atoms with Gasteiger partial charge in [0.05, 0.1) is 0 Å². The lowest BCUT2D eigenvalue weighted by atomic mass is 10.0. The van der Waals surface area contributed by atoms with Gasteiger partial charge in [-0.05, 0) is 30.3 Å². The van der Waals surface area contributed by atoms with Crippen LogP contribution >= 0.6 is 0 Å². The average Bonchev–Trinajstić information content (AvgIpc) is 2.29. The molecule has 2 aromatic rings. The van der Waals surface area contributed by atoms with Crippen LogP contribution in [-0.4, -0.2) is 11.7 Å². The minimum absolute atomic E-state index is 0.404. The summed E-state index contributed by atoms with van der Waals surface area (Å²) in [5.74, 6) is 0.404. The summed E-state index contributed by atoms with van der Waals surface area (Å²) >= 11 is 0. The van der Waals surface area contributed by atoms with Crippen molar-refractivity contribution in [1.29, 1.82) is 0 Å². The number of fused-ring (bicyclic) bond motifs is 1. The lowest BCUT2D eigenvalue weighted by molar-refractivity contribution is 0.474. The summed E-state index contributed by atoms with van der Waals surface area (Å²) in [5, 5.41) is 12.0. The summed E-state index contributed by atoms with van der Waals surface area (Å²) in [5.41, 5.74) is 6.44. The first-order chi connectivity index (χ1) is 7.33. The Morgan fingerprint density at radius 1 is 1.07 bits per heavy atom. The van der Waals surface area contributed by atoms with Crippen molar-refractivity contribution in [2.24, 2.45) is 5.73 Å². The van der Waals surface area contributed by atoms with E-state index in [0.29, 0.717) is 12.3 Å². The number of benzene rings is 2. The molecule has 0 aliphatic rings. The van der Waals surface area contributed by atoms with Crippen molar-refractivity contribution >= 4 is 10.8 Å². The van der Waals surface area contributed by atoms with Crippen LogP contribution in [0.2, 0.25) is 0 Å². The Morgan fingerprint density at radius 3 is 2.67 bits per heavy atom. The van der Waals surface area contributed by atoms with E-state index < -0.39 is 0 Å². The van der Waals surface area contributed by atoms with E-state index in [2.05, 4.69) is 0 Å². The monoisotopic (exact) mass is 201 g/mol. The molecule has 3 N–H and O–H groups in total. The number of rotatable bonds is 3. The van der Waals surface area contributed by atoms with Crippen LogP contribution < -0.4 is 5.73 Å². The van der Waals surface area contributed by atoms with Gasteiger partial charge in [-0.15, -0.1) is 0 Å². The molecule has 0 radical (unpaired) electrons. The van der Waals surface area contributed by atoms with Crippen LogP contribution in [-0.2, 0) is 6.42 Å². The molecule has 2 nitrogen and oxygen atoms in total. The second-order valence-corrected chi connectivity index (χ2v) is 3.69. The summed E-state index contributed by atoms with van der Waals surface area (Å²) in [4.78, 5) is 0. The molecule has 0 aromatic heterocycles. The van der Waals surface area contributed by atoms with E-state index >= 15 is 0 Å². The van der Waals surface area contributed by atoms with Gasteiger partial charge in [-0.3, -0.25) is 0 Å². The topological polar surface area (TPSA) is 46.2 Å². The number of hydrogen-bond acceptors (Lipinski definition) is 2. The van der Waals surface area contributed by atoms with Gasteiger partial charge >= 0.3 is 0 Å². The van der Waals surface area contributed by atoms with E-state index in [-0.39, 0.29) is 0 Å². The van der Waals surface area contributed by atoms with Crippen LogP contribution in [0.3, 0.4) is 0 Å². The molecule has 0 unspecified atom stereocenters. The molecule has 0 amide bonds. The molecule has 0 saturated heterocycles. The van der Waals surface area contributed by atoms with Crippen molar-refractivity contribution in [3.8, 4) is 5.75 Å². The smallest absolute Gasteiger partial charge is 0.126 e. The minimum atomic E-state index is 0.404. The quantitative estimate of drug-likeness (QED) is 0.801. The van der Waals surface area contributed by atoms with E-state index in [1.54, 1.807) is 0 Å². The van der Waals surface area contributed by atoms with Crippen LogP contribution in [0.4, 0.5) is 0 Å². The first kappa shape index (κ1) is 9.99. The molecule has 0 atom stereocenters. The van der Waals surface area contributed by atoms with E-state index in [9.17, 15) is 5.11 Å². The molecule has 2 aromatic carbocycles. The number of phenols is 1. The van der Waals surface area contributed by atoms with Crippen molar-refractivity contribution in [3.05, 3.63) is 42.0 Å². The molecule has 2 heteroatoms. The van der Waals surface area contributed by atoms with Gasteiger partial charge < -0.3 is 10.8 Å². The first-order valence-electron chi connectivity index (χ1n) is 5.22. The Morgan fingerprint density at radius 2 is 1.87 bits per heavy atom. The predicted molar refractivity (Wildman–Crippen MR) is 63.0 cm³/mol. The van der Waals surface area contributed by atoms with E-state index in [1.807, 2.05) is 36.4 Å². The lowest BCUT2D eigenvalue weighted by Crippen LogP contribution is -2.00. The van der Waals surface area contributed by atoms with Gasteiger partial charge in [-0.2, -0.15) is 0 Å². The molecule has 0 saturated carbocycles. The maximum absolute atomic E-state index is 10.0. The first-order valence-corrected chi connectivity index (χ1v) is 5.22. The lowest BCUT2D eigenvalue weighted by Gasteiger charge is -2.07. The highest BCUT2D eigenvalue weighted by Crippen LogP contribution is 2.29. The molecule has 0 aliphatic carbocycles. The Hall–Kier alpha value is -1.54. The number of aromatic hydroxyl groups is 1. The van der Waals surface area contributed by atoms with Gasteiger partial charge in [0.25, 0.3) is 0 Å². The van der Waals surface area contributed by atoms with Crippen molar-refractivity contribution in [1.82, 2.24) is 0 Å². The molecular weight excluding hydrogens is 186 g/mol. The molecule has 78 valence electrons. The summed E-state index contributed by atoms with van der Waals surface area (Å²) in [6.45, 7) is 0.659. The van der Waals surface area contributed by atoms with Gasteiger partial charge in [0.15, 0.2) is 0 Å². The molecule has 0 heterocycles. The van der Waals surface area contributed by atoms with Crippen molar-refractivity contribution in [3.63, 3.8) is 0 Å². The van der Waals surface area contributed by atoms with E-state index in [4.69, 9.17) is 5.73 Å². The molecule has 0 spiro atoms. The van der Waals surface area contributed by atoms with Gasteiger partial charge in [0.2, 0.25) is 0 Å². The zero-order chi connectivity index (χ0) is 10.7. The van der Waals surface area contributed by atoms with Crippen LogP contribution in [0.15, 0.2) is 36.4 Å². The van der Waals surface area contributed by atoms with Gasteiger partial charge in [-0.25, -0.2) is 0 Å². The normalized spacial score (nSPS) is 10.7. The number of nitrogens with two attached hydrogens (primary N) is 1. The highest BCUT2D eigenvalue weighted by molar-refractivity contribution is 5.89. The zero-order valence-corrected chi connectivity index (χ0v) is 8.61. The number of aryl methyl sites for hydroxylation is 1. The third-order valence-corrected chi connectivity index (χ3v) is 2.63. The van der Waals surface area contributed by atoms with Crippen LogP contribution in [0.1, 0.15) is 12.0 Å². The zero-order valence-electron chi connectivity index (χ0n) is 8.61. The average molecular weight is 201 g/mol. The Bertz CT molecular complexity index is 465. The largest absolute Gasteiger partial charge is 0.507 e. The van der Waals surface area contributed by atoms with E-state index in [1.165, 1.54) is 0 Å². The van der Waals surface area contributed by atoms with Crippen molar-refractivity contribution in [2.45, 2.75) is 12.8 Å². The Kier molecular flexibility index (Phi) is 2.88. The predicted octanol–water partition coefficient (Wildman–Crippen LogP) is 2.44. The Labute approximate surface area is 89.3 Å². The molecule has 0 fully saturated rings. The van der Waals surface area contributed by atoms with Crippen LogP contribution in [0.25, 0.3) is 10.8 Å². The summed E-state index contributed by atoms with van der Waals surface area (Å²) < 4.78 is 0. The maximum atomic E-state index is 10.0. The molecule has 0 bridgehead atoms. The molecule has 15 heavy (non-hydrogen) atoms. The van der Waals surface area contributed by atoms with Crippen LogP contribution in [0, 0.1) is 0 Å². The second kappa shape index (κ2) is 4.32. The van der Waals surface area contributed by atoms with Gasteiger partial charge in [0, 0.05) is 5.39 Å². The maximum Gasteiger partial charge on any atom is 0.126 e. The van der Waals surface area contributed by atoms with Crippen molar-refractivity contribution < 1.29 is 5.11 Å². The fraction of sp³-hybridized carbons (Fsp3) is 0.231. The van der Waals surface area contributed by atoms with E-state index in [0.717, 1.165) is 29.2 Å². The molecule has 0 aliphatic heterocycles. The van der Waals surface area contributed by atoms with Crippen molar-refractivity contribution in [2.75, 3.05) is 6.54 Å². The molecule has 2 rings (SSSR count). The van der Waals surface area contributed by atoms with Crippen LogP contribution in [0.5, 0.6) is 5.75 Å². The molecular formula is C13H15NO. The standard InChI is InChI=1S/C13H15NO/c14-9-3-5-11-8-7-10-4-1-2-6-12(10)13(11)15/h1-2,4,6-8,15H,3,5,9,14H2. The Balaban J connectivity index is 2.45. The number of phenolic OH excluding ortho intramolecular Hbond substituents is 1. The van der Waals surface area contributed by atoms with Gasteiger partial charge in [-0.1, -0.05) is 36.4 Å². The highest BCUT2D eigenvalue weighted by Gasteiger charge is 2.04. The fourth-order valence-electron chi connectivity index (χ4n) is 1.79.